The number of esters is 1. The number of hydrogen-bond donors (Lipinski definition) is 0. The maximum atomic E-state index is 13.4. The summed E-state index contributed by atoms with van der Waals surface area (Å²) < 4.78 is 30.4. The average Bonchev–Trinajstić information content (AvgIpc) is 2.56. The lowest BCUT2D eigenvalue weighted by Gasteiger charge is -2.46. The minimum absolute atomic E-state index is 0.0103. The van der Waals surface area contributed by atoms with Crippen LogP contribution in [0.5, 0.6) is 0 Å². The van der Waals surface area contributed by atoms with Crippen LogP contribution in [-0.2, 0) is 25.4 Å². The van der Waals surface area contributed by atoms with E-state index in [4.69, 9.17) is 14.2 Å². The molecular weight excluding hydrogens is 379 g/mol. The SMILES string of the molecule is COC(=O)C1(Cc2ccc(F)c(Br)c2)CC(OC2CCCCO2)C1. The molecule has 0 aromatic heterocycles. The molecule has 0 spiro atoms. The fourth-order valence-electron chi connectivity index (χ4n) is 3.58. The van der Waals surface area contributed by atoms with E-state index in [1.165, 1.54) is 13.2 Å². The number of rotatable bonds is 5. The Morgan fingerprint density at radius 2 is 2.21 bits per heavy atom. The van der Waals surface area contributed by atoms with E-state index in [-0.39, 0.29) is 24.2 Å². The van der Waals surface area contributed by atoms with Crippen molar-refractivity contribution in [1.29, 1.82) is 0 Å². The molecule has 0 amide bonds. The molecule has 1 heterocycles. The van der Waals surface area contributed by atoms with E-state index in [1.54, 1.807) is 12.1 Å². The van der Waals surface area contributed by atoms with Crippen molar-refractivity contribution < 1.29 is 23.4 Å². The van der Waals surface area contributed by atoms with E-state index in [0.29, 0.717) is 23.7 Å². The summed E-state index contributed by atoms with van der Waals surface area (Å²) in [5.41, 5.74) is 0.312. The molecule has 1 atom stereocenters. The number of methoxy groups -OCH3 is 1. The molecule has 24 heavy (non-hydrogen) atoms. The van der Waals surface area contributed by atoms with E-state index in [0.717, 1.165) is 31.4 Å². The summed E-state index contributed by atoms with van der Waals surface area (Å²) in [5.74, 6) is -0.539. The summed E-state index contributed by atoms with van der Waals surface area (Å²) in [6.07, 6.45) is 4.69. The van der Waals surface area contributed by atoms with Crippen molar-refractivity contribution in [3.8, 4) is 0 Å². The summed E-state index contributed by atoms with van der Waals surface area (Å²) in [4.78, 5) is 12.3. The maximum Gasteiger partial charge on any atom is 0.312 e. The molecular formula is C18H22BrFO4. The highest BCUT2D eigenvalue weighted by Crippen LogP contribution is 2.47. The molecule has 4 nitrogen and oxygen atoms in total. The Balaban J connectivity index is 1.64. The van der Waals surface area contributed by atoms with Gasteiger partial charge < -0.3 is 14.2 Å². The van der Waals surface area contributed by atoms with Crippen LogP contribution in [0, 0.1) is 11.2 Å². The molecule has 1 saturated heterocycles. The summed E-state index contributed by atoms with van der Waals surface area (Å²) in [7, 11) is 1.41. The van der Waals surface area contributed by atoms with Crippen LogP contribution in [-0.4, -0.2) is 32.1 Å². The molecule has 0 radical (unpaired) electrons. The van der Waals surface area contributed by atoms with Crippen molar-refractivity contribution in [2.75, 3.05) is 13.7 Å². The Kier molecular flexibility index (Phi) is 5.57. The summed E-state index contributed by atoms with van der Waals surface area (Å²) in [6, 6.07) is 4.84. The molecule has 0 bridgehead atoms. The number of carbonyl (C=O) groups is 1. The lowest BCUT2D eigenvalue weighted by molar-refractivity contribution is -0.227. The van der Waals surface area contributed by atoms with Crippen molar-refractivity contribution in [3.63, 3.8) is 0 Å². The largest absolute Gasteiger partial charge is 0.469 e. The summed E-state index contributed by atoms with van der Waals surface area (Å²) in [5, 5.41) is 0. The van der Waals surface area contributed by atoms with Crippen LogP contribution in [0.15, 0.2) is 22.7 Å². The van der Waals surface area contributed by atoms with Crippen LogP contribution in [0.2, 0.25) is 0 Å². The van der Waals surface area contributed by atoms with Crippen molar-refractivity contribution in [1.82, 2.24) is 0 Å². The van der Waals surface area contributed by atoms with Gasteiger partial charge in [-0.15, -0.1) is 0 Å². The van der Waals surface area contributed by atoms with Gasteiger partial charge >= 0.3 is 5.97 Å². The number of hydrogen-bond acceptors (Lipinski definition) is 4. The molecule has 1 aliphatic carbocycles. The smallest absolute Gasteiger partial charge is 0.312 e. The Morgan fingerprint density at radius 1 is 1.42 bits per heavy atom. The van der Waals surface area contributed by atoms with Crippen LogP contribution in [0.3, 0.4) is 0 Å². The fourth-order valence-corrected chi connectivity index (χ4v) is 4.01. The van der Waals surface area contributed by atoms with Gasteiger partial charge in [-0.2, -0.15) is 0 Å². The Labute approximate surface area is 149 Å². The third kappa shape index (κ3) is 3.81. The van der Waals surface area contributed by atoms with E-state index >= 15 is 0 Å². The van der Waals surface area contributed by atoms with Gasteiger partial charge in [0.1, 0.15) is 5.82 Å². The standard InChI is InChI=1S/C18H22BrFO4/c1-22-17(21)18(9-12-5-6-15(20)14(19)8-12)10-13(11-18)24-16-4-2-3-7-23-16/h5-6,8,13,16H,2-4,7,9-11H2,1H3. The van der Waals surface area contributed by atoms with E-state index in [9.17, 15) is 9.18 Å². The van der Waals surface area contributed by atoms with Gasteiger partial charge in [-0.05, 0) is 72.2 Å². The average molecular weight is 401 g/mol. The first-order chi connectivity index (χ1) is 11.5. The highest BCUT2D eigenvalue weighted by atomic mass is 79.9. The molecule has 0 N–H and O–H groups in total. The van der Waals surface area contributed by atoms with Crippen LogP contribution in [0.1, 0.15) is 37.7 Å². The van der Waals surface area contributed by atoms with Gasteiger partial charge in [-0.25, -0.2) is 4.39 Å². The minimum atomic E-state index is -0.592. The Bertz CT molecular complexity index is 595. The van der Waals surface area contributed by atoms with Crippen molar-refractivity contribution in [2.45, 2.75) is 50.9 Å². The van der Waals surface area contributed by atoms with Gasteiger partial charge in [-0.3, -0.25) is 4.79 Å². The number of carbonyl (C=O) groups excluding carboxylic acids is 1. The predicted molar refractivity (Wildman–Crippen MR) is 90.0 cm³/mol. The zero-order valence-electron chi connectivity index (χ0n) is 13.7. The zero-order valence-corrected chi connectivity index (χ0v) is 15.3. The van der Waals surface area contributed by atoms with Crippen molar-refractivity contribution in [2.24, 2.45) is 5.41 Å². The van der Waals surface area contributed by atoms with Crippen LogP contribution < -0.4 is 0 Å². The lowest BCUT2D eigenvalue weighted by atomic mass is 9.63. The highest BCUT2D eigenvalue weighted by Gasteiger charge is 2.52. The van der Waals surface area contributed by atoms with Gasteiger partial charge in [0.05, 0.1) is 23.1 Å². The van der Waals surface area contributed by atoms with Crippen LogP contribution in [0.4, 0.5) is 4.39 Å². The molecule has 2 aliphatic rings. The van der Waals surface area contributed by atoms with Gasteiger partial charge in [0.2, 0.25) is 0 Å². The van der Waals surface area contributed by atoms with Gasteiger partial charge in [-0.1, -0.05) is 6.07 Å². The molecule has 2 fully saturated rings. The number of benzene rings is 1. The number of ether oxygens (including phenoxy) is 3. The first kappa shape index (κ1) is 17.8. The Hall–Kier alpha value is -0.980. The molecule has 1 saturated carbocycles. The van der Waals surface area contributed by atoms with E-state index < -0.39 is 5.41 Å². The minimum Gasteiger partial charge on any atom is -0.469 e. The van der Waals surface area contributed by atoms with E-state index in [1.807, 2.05) is 0 Å². The monoisotopic (exact) mass is 400 g/mol. The quantitative estimate of drug-likeness (QED) is 0.700. The molecule has 1 aromatic rings. The van der Waals surface area contributed by atoms with Crippen molar-refractivity contribution in [3.05, 3.63) is 34.1 Å². The zero-order chi connectivity index (χ0) is 17.2. The third-order valence-corrected chi connectivity index (χ3v) is 5.47. The van der Waals surface area contributed by atoms with Crippen LogP contribution in [0.25, 0.3) is 0 Å². The van der Waals surface area contributed by atoms with Crippen LogP contribution >= 0.6 is 15.9 Å². The summed E-state index contributed by atoms with van der Waals surface area (Å²) in [6.45, 7) is 0.739. The first-order valence-corrected chi connectivity index (χ1v) is 9.11. The maximum absolute atomic E-state index is 13.4. The Morgan fingerprint density at radius 3 is 2.83 bits per heavy atom. The second-order valence-electron chi connectivity index (χ2n) is 6.66. The molecule has 6 heteroatoms. The lowest BCUT2D eigenvalue weighted by Crippen LogP contribution is -2.51. The van der Waals surface area contributed by atoms with Gasteiger partial charge in [0.15, 0.2) is 6.29 Å². The normalized spacial score (nSPS) is 29.8. The van der Waals surface area contributed by atoms with E-state index in [2.05, 4.69) is 15.9 Å². The van der Waals surface area contributed by atoms with Gasteiger partial charge in [0.25, 0.3) is 0 Å². The molecule has 1 aromatic carbocycles. The second kappa shape index (κ2) is 7.50. The highest BCUT2D eigenvalue weighted by molar-refractivity contribution is 9.10. The molecule has 1 aliphatic heterocycles. The topological polar surface area (TPSA) is 44.8 Å². The predicted octanol–water partition coefficient (Wildman–Crippen LogP) is 4.00. The molecule has 1 unspecified atom stereocenters. The van der Waals surface area contributed by atoms with Gasteiger partial charge in [0, 0.05) is 6.61 Å². The van der Waals surface area contributed by atoms with Crippen molar-refractivity contribution >= 4 is 21.9 Å². The second-order valence-corrected chi connectivity index (χ2v) is 7.51. The molecule has 3 rings (SSSR count). The molecule has 132 valence electrons. The first-order valence-electron chi connectivity index (χ1n) is 8.32. The third-order valence-electron chi connectivity index (χ3n) is 4.86. The fraction of sp³-hybridized carbons (Fsp3) is 0.611. The number of halogens is 2. The summed E-state index contributed by atoms with van der Waals surface area (Å²) >= 11 is 3.19.